The van der Waals surface area contributed by atoms with Crippen LogP contribution in [0.25, 0.3) is 0 Å². The number of aliphatic hydroxyl groups is 1. The average molecular weight is 301 g/mol. The van der Waals surface area contributed by atoms with Crippen LogP contribution in [0.2, 0.25) is 19.6 Å². The van der Waals surface area contributed by atoms with E-state index >= 15 is 0 Å². The molecule has 1 N–H and O–H groups in total. The van der Waals surface area contributed by atoms with Gasteiger partial charge in [-0.05, 0) is 44.8 Å². The van der Waals surface area contributed by atoms with Crippen LogP contribution in [0.1, 0.15) is 52.4 Å². The first-order chi connectivity index (χ1) is 9.26. The van der Waals surface area contributed by atoms with Crippen LogP contribution in [0.5, 0.6) is 0 Å². The quantitative estimate of drug-likeness (QED) is 0.728. The summed E-state index contributed by atoms with van der Waals surface area (Å²) in [7, 11) is -1.76. The Balaban J connectivity index is 2.82. The zero-order chi connectivity index (χ0) is 15.3. The molecule has 4 heteroatoms. The lowest BCUT2D eigenvalue weighted by atomic mass is 9.80. The van der Waals surface area contributed by atoms with Crippen LogP contribution in [-0.2, 0) is 9.22 Å². The first-order valence-corrected chi connectivity index (χ1v) is 11.6. The SMILES string of the molecule is CC[C@@H](O)[C@H](C)C(=O)[C@@H](O[Si](C)(C)C)C1CCCCC1. The van der Waals surface area contributed by atoms with Gasteiger partial charge in [0.15, 0.2) is 14.1 Å². The Morgan fingerprint density at radius 3 is 2.25 bits per heavy atom. The molecule has 1 fully saturated rings. The number of carbonyl (C=O) groups excluding carboxylic acids is 1. The van der Waals surface area contributed by atoms with Gasteiger partial charge in [-0.2, -0.15) is 0 Å². The minimum atomic E-state index is -1.76. The molecule has 0 unspecified atom stereocenters. The van der Waals surface area contributed by atoms with E-state index < -0.39 is 14.4 Å². The highest BCUT2D eigenvalue weighted by atomic mass is 28.4. The molecule has 0 heterocycles. The first-order valence-electron chi connectivity index (χ1n) is 8.16. The lowest BCUT2D eigenvalue weighted by Crippen LogP contribution is -2.45. The number of carbonyl (C=O) groups is 1. The zero-order valence-corrected chi connectivity index (χ0v) is 14.8. The predicted molar refractivity (Wildman–Crippen MR) is 85.3 cm³/mol. The third-order valence-electron chi connectivity index (χ3n) is 4.28. The highest BCUT2D eigenvalue weighted by Gasteiger charge is 2.37. The fourth-order valence-electron chi connectivity index (χ4n) is 3.01. The minimum absolute atomic E-state index is 0.119. The molecule has 1 aliphatic carbocycles. The summed E-state index contributed by atoms with van der Waals surface area (Å²) in [6.07, 6.45) is 5.65. The van der Waals surface area contributed by atoms with Crippen molar-refractivity contribution in [3.05, 3.63) is 0 Å². The van der Waals surface area contributed by atoms with Crippen LogP contribution in [-0.4, -0.2) is 31.4 Å². The van der Waals surface area contributed by atoms with Crippen molar-refractivity contribution in [2.45, 2.75) is 84.2 Å². The summed E-state index contributed by atoms with van der Waals surface area (Å²) in [6, 6.07) is 0. The molecule has 0 radical (unpaired) electrons. The van der Waals surface area contributed by atoms with E-state index in [1.54, 1.807) is 0 Å². The Morgan fingerprint density at radius 1 is 1.25 bits per heavy atom. The van der Waals surface area contributed by atoms with E-state index in [1.165, 1.54) is 19.3 Å². The van der Waals surface area contributed by atoms with Gasteiger partial charge in [-0.1, -0.05) is 33.1 Å². The predicted octanol–water partition coefficient (Wildman–Crippen LogP) is 3.76. The van der Waals surface area contributed by atoms with Crippen LogP contribution >= 0.6 is 0 Å². The summed E-state index contributed by atoms with van der Waals surface area (Å²) in [6.45, 7) is 10.2. The smallest absolute Gasteiger partial charge is 0.184 e. The molecule has 0 aromatic rings. The number of Topliss-reactive ketones (excluding diaryl/α,β-unsaturated/α-hetero) is 1. The summed E-state index contributed by atoms with van der Waals surface area (Å²) in [5, 5.41) is 9.98. The molecule has 0 saturated heterocycles. The van der Waals surface area contributed by atoms with E-state index in [4.69, 9.17) is 4.43 Å². The van der Waals surface area contributed by atoms with Crippen LogP contribution in [0.3, 0.4) is 0 Å². The van der Waals surface area contributed by atoms with Crippen molar-refractivity contribution in [3.8, 4) is 0 Å². The molecule has 1 rings (SSSR count). The van der Waals surface area contributed by atoms with E-state index in [0.29, 0.717) is 12.3 Å². The van der Waals surface area contributed by atoms with Gasteiger partial charge >= 0.3 is 0 Å². The van der Waals surface area contributed by atoms with Crippen LogP contribution in [0, 0.1) is 11.8 Å². The lowest BCUT2D eigenvalue weighted by Gasteiger charge is -2.35. The third-order valence-corrected chi connectivity index (χ3v) is 5.24. The Morgan fingerprint density at radius 2 is 1.80 bits per heavy atom. The number of hydrogen-bond acceptors (Lipinski definition) is 3. The van der Waals surface area contributed by atoms with Gasteiger partial charge in [-0.25, -0.2) is 0 Å². The molecule has 1 saturated carbocycles. The van der Waals surface area contributed by atoms with E-state index in [-0.39, 0.29) is 17.8 Å². The van der Waals surface area contributed by atoms with Gasteiger partial charge in [0.25, 0.3) is 0 Å². The minimum Gasteiger partial charge on any atom is -0.407 e. The van der Waals surface area contributed by atoms with Crippen LogP contribution < -0.4 is 0 Å². The largest absolute Gasteiger partial charge is 0.407 e. The highest BCUT2D eigenvalue weighted by molar-refractivity contribution is 6.69. The van der Waals surface area contributed by atoms with Gasteiger partial charge in [-0.15, -0.1) is 0 Å². The Hall–Kier alpha value is -0.193. The third kappa shape index (κ3) is 5.30. The average Bonchev–Trinajstić information content (AvgIpc) is 2.42. The monoisotopic (exact) mass is 300 g/mol. The van der Waals surface area contributed by atoms with Gasteiger partial charge in [-0.3, -0.25) is 4.79 Å². The van der Waals surface area contributed by atoms with Crippen molar-refractivity contribution >= 4 is 14.1 Å². The Labute approximate surface area is 125 Å². The molecule has 0 spiro atoms. The maximum Gasteiger partial charge on any atom is 0.184 e. The van der Waals surface area contributed by atoms with Crippen molar-refractivity contribution in [2.24, 2.45) is 11.8 Å². The molecule has 3 atom stereocenters. The van der Waals surface area contributed by atoms with E-state index in [0.717, 1.165) is 12.8 Å². The molecule has 118 valence electrons. The molecule has 0 bridgehead atoms. The van der Waals surface area contributed by atoms with Crippen molar-refractivity contribution in [1.29, 1.82) is 0 Å². The molecule has 0 amide bonds. The zero-order valence-electron chi connectivity index (χ0n) is 13.8. The summed E-state index contributed by atoms with van der Waals surface area (Å²) in [4.78, 5) is 12.8. The normalized spacial score (nSPS) is 22.3. The second-order valence-electron chi connectivity index (χ2n) is 7.22. The summed E-state index contributed by atoms with van der Waals surface area (Å²) in [5.41, 5.74) is 0. The molecule has 0 aromatic heterocycles. The molecular formula is C16H32O3Si. The molecular weight excluding hydrogens is 268 g/mol. The first kappa shape index (κ1) is 17.9. The number of aliphatic hydroxyl groups excluding tert-OH is 1. The number of rotatable bonds is 7. The van der Waals surface area contributed by atoms with Crippen molar-refractivity contribution < 1.29 is 14.3 Å². The van der Waals surface area contributed by atoms with Gasteiger partial charge in [0.1, 0.15) is 6.10 Å². The van der Waals surface area contributed by atoms with Crippen molar-refractivity contribution in [2.75, 3.05) is 0 Å². The van der Waals surface area contributed by atoms with Crippen molar-refractivity contribution in [3.63, 3.8) is 0 Å². The van der Waals surface area contributed by atoms with Gasteiger partial charge in [0, 0.05) is 5.92 Å². The fraction of sp³-hybridized carbons (Fsp3) is 0.938. The molecule has 0 aliphatic heterocycles. The maximum atomic E-state index is 12.8. The van der Waals surface area contributed by atoms with E-state index in [9.17, 15) is 9.90 Å². The summed E-state index contributed by atoms with van der Waals surface area (Å²) >= 11 is 0. The molecule has 1 aliphatic rings. The topological polar surface area (TPSA) is 46.5 Å². The van der Waals surface area contributed by atoms with Gasteiger partial charge < -0.3 is 9.53 Å². The Kier molecular flexibility index (Phi) is 6.89. The van der Waals surface area contributed by atoms with Crippen LogP contribution in [0.15, 0.2) is 0 Å². The second-order valence-corrected chi connectivity index (χ2v) is 11.7. The van der Waals surface area contributed by atoms with Crippen molar-refractivity contribution in [1.82, 2.24) is 0 Å². The summed E-state index contributed by atoms with van der Waals surface area (Å²) in [5.74, 6) is 0.159. The number of hydrogen-bond donors (Lipinski definition) is 1. The standard InChI is InChI=1S/C16H32O3Si/c1-6-14(17)12(2)15(18)16(19-20(3,4)5)13-10-8-7-9-11-13/h12-14,16-17H,6-11H2,1-5H3/t12-,14+,16-/m0/s1. The van der Waals surface area contributed by atoms with Gasteiger partial charge in [0.05, 0.1) is 6.10 Å². The van der Waals surface area contributed by atoms with Crippen LogP contribution in [0.4, 0.5) is 0 Å². The summed E-state index contributed by atoms with van der Waals surface area (Å²) < 4.78 is 6.23. The maximum absolute atomic E-state index is 12.8. The van der Waals surface area contributed by atoms with E-state index in [1.807, 2.05) is 13.8 Å². The second kappa shape index (κ2) is 7.71. The van der Waals surface area contributed by atoms with E-state index in [2.05, 4.69) is 19.6 Å². The Bertz CT molecular complexity index is 305. The fourth-order valence-corrected chi connectivity index (χ4v) is 4.08. The molecule has 3 nitrogen and oxygen atoms in total. The molecule has 20 heavy (non-hydrogen) atoms. The lowest BCUT2D eigenvalue weighted by molar-refractivity contribution is -0.136. The number of ketones is 1. The molecule has 0 aromatic carbocycles. The highest BCUT2D eigenvalue weighted by Crippen LogP contribution is 2.31. The van der Waals surface area contributed by atoms with Gasteiger partial charge in [0.2, 0.25) is 0 Å².